The van der Waals surface area contributed by atoms with Crippen LogP contribution in [0.1, 0.15) is 37.8 Å². The predicted octanol–water partition coefficient (Wildman–Crippen LogP) is 2.43. The molecule has 0 unspecified atom stereocenters. The number of hydrogen-bond donors (Lipinski definition) is 1. The highest BCUT2D eigenvalue weighted by Gasteiger charge is 2.29. The number of carbonyl (C=O) groups is 1. The Morgan fingerprint density at radius 1 is 1.60 bits per heavy atom. The van der Waals surface area contributed by atoms with Crippen LogP contribution in [0.15, 0.2) is 5.51 Å². The standard InChI is InChI=1S/C15H25N3OS/c1-10(2)15(19)18-6-5-13(11(3)8-18)16-7-14-12(4)17-9-20-14/h9-11,13,16H,5-8H2,1-4H3/t11-,13+/m0/s1. The molecule has 1 aliphatic rings. The Kier molecular flexibility index (Phi) is 5.16. The maximum atomic E-state index is 12.0. The number of likely N-dealkylation sites (tertiary alicyclic amines) is 1. The smallest absolute Gasteiger partial charge is 0.225 e. The molecule has 0 aromatic carbocycles. The van der Waals surface area contributed by atoms with Gasteiger partial charge in [0.1, 0.15) is 0 Å². The Balaban J connectivity index is 1.84. The Bertz CT molecular complexity index is 458. The lowest BCUT2D eigenvalue weighted by atomic mass is 9.93. The van der Waals surface area contributed by atoms with E-state index in [1.54, 1.807) is 11.3 Å². The first kappa shape index (κ1) is 15.4. The van der Waals surface area contributed by atoms with Crippen molar-refractivity contribution in [2.24, 2.45) is 11.8 Å². The minimum atomic E-state index is 0.103. The molecule has 0 bridgehead atoms. The first-order valence-corrected chi connectivity index (χ1v) is 8.28. The molecular formula is C15H25N3OS. The molecular weight excluding hydrogens is 270 g/mol. The molecule has 0 aliphatic carbocycles. The maximum absolute atomic E-state index is 12.0. The van der Waals surface area contributed by atoms with Crippen LogP contribution in [0.4, 0.5) is 0 Å². The van der Waals surface area contributed by atoms with E-state index in [-0.39, 0.29) is 11.8 Å². The van der Waals surface area contributed by atoms with Crippen LogP contribution in [0, 0.1) is 18.8 Å². The highest BCUT2D eigenvalue weighted by Crippen LogP contribution is 2.20. The second kappa shape index (κ2) is 6.68. The number of amides is 1. The average molecular weight is 295 g/mol. The van der Waals surface area contributed by atoms with Crippen LogP contribution in [0.5, 0.6) is 0 Å². The van der Waals surface area contributed by atoms with Gasteiger partial charge in [0, 0.05) is 36.5 Å². The predicted molar refractivity (Wildman–Crippen MR) is 82.7 cm³/mol. The van der Waals surface area contributed by atoms with E-state index in [4.69, 9.17) is 0 Å². The molecule has 0 radical (unpaired) electrons. The number of nitrogens with zero attached hydrogens (tertiary/aromatic N) is 2. The van der Waals surface area contributed by atoms with Gasteiger partial charge in [-0.2, -0.15) is 0 Å². The van der Waals surface area contributed by atoms with Gasteiger partial charge in [-0.1, -0.05) is 20.8 Å². The topological polar surface area (TPSA) is 45.2 Å². The lowest BCUT2D eigenvalue weighted by Crippen LogP contribution is -2.50. The van der Waals surface area contributed by atoms with Gasteiger partial charge in [-0.25, -0.2) is 4.98 Å². The fraction of sp³-hybridized carbons (Fsp3) is 0.733. The minimum Gasteiger partial charge on any atom is -0.342 e. The van der Waals surface area contributed by atoms with E-state index in [0.29, 0.717) is 12.0 Å². The molecule has 1 aromatic heterocycles. The van der Waals surface area contributed by atoms with Gasteiger partial charge in [-0.15, -0.1) is 11.3 Å². The molecule has 2 heterocycles. The number of carbonyl (C=O) groups excluding carboxylic acids is 1. The minimum absolute atomic E-state index is 0.103. The van der Waals surface area contributed by atoms with Gasteiger partial charge in [0.25, 0.3) is 0 Å². The van der Waals surface area contributed by atoms with E-state index < -0.39 is 0 Å². The van der Waals surface area contributed by atoms with Gasteiger partial charge >= 0.3 is 0 Å². The van der Waals surface area contributed by atoms with E-state index in [0.717, 1.165) is 31.7 Å². The quantitative estimate of drug-likeness (QED) is 0.928. The molecule has 1 aliphatic heterocycles. The van der Waals surface area contributed by atoms with E-state index in [1.165, 1.54) is 4.88 Å². The highest BCUT2D eigenvalue weighted by atomic mass is 32.1. The number of piperidine rings is 1. The summed E-state index contributed by atoms with van der Waals surface area (Å²) in [5, 5.41) is 3.64. The van der Waals surface area contributed by atoms with Crippen LogP contribution in [0.25, 0.3) is 0 Å². The molecule has 1 aromatic rings. The molecule has 1 N–H and O–H groups in total. The largest absolute Gasteiger partial charge is 0.342 e. The van der Waals surface area contributed by atoms with E-state index in [2.05, 4.69) is 24.1 Å². The van der Waals surface area contributed by atoms with Crippen molar-refractivity contribution in [3.05, 3.63) is 16.1 Å². The summed E-state index contributed by atoms with van der Waals surface area (Å²) in [6, 6.07) is 0.493. The summed E-state index contributed by atoms with van der Waals surface area (Å²) >= 11 is 1.71. The average Bonchev–Trinajstić information content (AvgIpc) is 2.82. The first-order chi connectivity index (χ1) is 9.49. The number of aromatic nitrogens is 1. The van der Waals surface area contributed by atoms with Gasteiger partial charge < -0.3 is 10.2 Å². The number of thiazole rings is 1. The van der Waals surface area contributed by atoms with Crippen molar-refractivity contribution < 1.29 is 4.79 Å². The molecule has 1 saturated heterocycles. The SMILES string of the molecule is Cc1ncsc1CN[C@@H]1CCN(C(=O)C(C)C)C[C@@H]1C. The number of hydrogen-bond acceptors (Lipinski definition) is 4. The second-order valence-electron chi connectivity index (χ2n) is 6.05. The lowest BCUT2D eigenvalue weighted by Gasteiger charge is -2.38. The molecule has 5 heteroatoms. The Hall–Kier alpha value is -0.940. The molecule has 0 saturated carbocycles. The van der Waals surface area contributed by atoms with Crippen molar-refractivity contribution in [3.8, 4) is 0 Å². The van der Waals surface area contributed by atoms with Crippen LogP contribution >= 0.6 is 11.3 Å². The lowest BCUT2D eigenvalue weighted by molar-refractivity contribution is -0.136. The van der Waals surface area contributed by atoms with Crippen molar-refractivity contribution in [1.29, 1.82) is 0 Å². The fourth-order valence-corrected chi connectivity index (χ4v) is 3.46. The Morgan fingerprint density at radius 2 is 2.35 bits per heavy atom. The zero-order valence-corrected chi connectivity index (χ0v) is 13.7. The highest BCUT2D eigenvalue weighted by molar-refractivity contribution is 7.09. The van der Waals surface area contributed by atoms with Gasteiger partial charge in [-0.3, -0.25) is 4.79 Å². The van der Waals surface area contributed by atoms with Crippen LogP contribution in [-0.2, 0) is 11.3 Å². The summed E-state index contributed by atoms with van der Waals surface area (Å²) < 4.78 is 0. The van der Waals surface area contributed by atoms with Gasteiger partial charge in [-0.05, 0) is 19.3 Å². The molecule has 20 heavy (non-hydrogen) atoms. The van der Waals surface area contributed by atoms with Gasteiger partial charge in [0.15, 0.2) is 0 Å². The third-order valence-corrected chi connectivity index (χ3v) is 5.02. The first-order valence-electron chi connectivity index (χ1n) is 7.40. The Labute approximate surface area is 125 Å². The fourth-order valence-electron chi connectivity index (χ4n) is 2.73. The Morgan fingerprint density at radius 3 is 2.90 bits per heavy atom. The normalized spacial score (nSPS) is 23.4. The van der Waals surface area contributed by atoms with Gasteiger partial charge in [0.05, 0.1) is 11.2 Å². The molecule has 1 amide bonds. The monoisotopic (exact) mass is 295 g/mol. The summed E-state index contributed by atoms with van der Waals surface area (Å²) in [6.45, 7) is 10.9. The van der Waals surface area contributed by atoms with E-state index >= 15 is 0 Å². The second-order valence-corrected chi connectivity index (χ2v) is 6.99. The summed E-state index contributed by atoms with van der Waals surface area (Å²) in [5.41, 5.74) is 3.03. The van der Waals surface area contributed by atoms with Crippen LogP contribution in [0.3, 0.4) is 0 Å². The van der Waals surface area contributed by atoms with Crippen molar-refractivity contribution in [3.63, 3.8) is 0 Å². The third kappa shape index (κ3) is 3.58. The van der Waals surface area contributed by atoms with Crippen molar-refractivity contribution in [2.45, 2.75) is 46.7 Å². The van der Waals surface area contributed by atoms with Crippen molar-refractivity contribution in [1.82, 2.24) is 15.2 Å². The van der Waals surface area contributed by atoms with Crippen molar-refractivity contribution in [2.75, 3.05) is 13.1 Å². The molecule has 4 nitrogen and oxygen atoms in total. The third-order valence-electron chi connectivity index (χ3n) is 4.08. The summed E-state index contributed by atoms with van der Waals surface area (Å²) in [4.78, 5) is 19.7. The molecule has 2 rings (SSSR count). The zero-order valence-electron chi connectivity index (χ0n) is 12.8. The molecule has 1 fully saturated rings. The van der Waals surface area contributed by atoms with Crippen LogP contribution in [-0.4, -0.2) is 34.9 Å². The summed E-state index contributed by atoms with van der Waals surface area (Å²) in [6.07, 6.45) is 1.04. The van der Waals surface area contributed by atoms with Crippen LogP contribution in [0.2, 0.25) is 0 Å². The number of rotatable bonds is 4. The maximum Gasteiger partial charge on any atom is 0.225 e. The number of nitrogens with one attached hydrogen (secondary N) is 1. The molecule has 0 spiro atoms. The van der Waals surface area contributed by atoms with Crippen molar-refractivity contribution >= 4 is 17.2 Å². The molecule has 2 atom stereocenters. The van der Waals surface area contributed by atoms with E-state index in [9.17, 15) is 4.79 Å². The van der Waals surface area contributed by atoms with E-state index in [1.807, 2.05) is 24.3 Å². The zero-order chi connectivity index (χ0) is 14.7. The summed E-state index contributed by atoms with van der Waals surface area (Å²) in [7, 11) is 0. The number of aryl methyl sites for hydroxylation is 1. The molecule has 112 valence electrons. The summed E-state index contributed by atoms with van der Waals surface area (Å²) in [5.74, 6) is 0.889. The van der Waals surface area contributed by atoms with Crippen LogP contribution < -0.4 is 5.32 Å². The van der Waals surface area contributed by atoms with Gasteiger partial charge in [0.2, 0.25) is 5.91 Å².